The highest BCUT2D eigenvalue weighted by molar-refractivity contribution is 5.80. The average Bonchev–Trinajstić information content (AvgIpc) is 3.07. The lowest BCUT2D eigenvalue weighted by molar-refractivity contribution is -0.140. The van der Waals surface area contributed by atoms with Crippen molar-refractivity contribution in [2.45, 2.75) is 70.1 Å². The second kappa shape index (κ2) is 6.02. The van der Waals surface area contributed by atoms with E-state index in [1.165, 1.54) is 6.42 Å². The fraction of sp³-hybridized carbons (Fsp3) is 0.938. The number of aliphatic hydroxyl groups is 1. The number of rotatable bonds is 2. The van der Waals surface area contributed by atoms with E-state index in [4.69, 9.17) is 4.74 Å². The van der Waals surface area contributed by atoms with Gasteiger partial charge in [0.15, 0.2) is 0 Å². The van der Waals surface area contributed by atoms with Crippen molar-refractivity contribution >= 4 is 5.91 Å². The minimum absolute atomic E-state index is 0.0383. The van der Waals surface area contributed by atoms with E-state index in [0.29, 0.717) is 12.5 Å². The predicted molar refractivity (Wildman–Crippen MR) is 76.2 cm³/mol. The van der Waals surface area contributed by atoms with E-state index in [1.54, 1.807) is 0 Å². The van der Waals surface area contributed by atoms with E-state index in [1.807, 2.05) is 6.92 Å². The zero-order valence-corrected chi connectivity index (χ0v) is 12.5. The molecule has 1 saturated carbocycles. The number of carbonyl (C=O) groups is 1. The number of aliphatic hydroxyl groups excluding tert-OH is 1. The molecule has 1 aliphatic carbocycles. The van der Waals surface area contributed by atoms with Gasteiger partial charge in [-0.1, -0.05) is 12.8 Å². The minimum Gasteiger partial charge on any atom is -0.393 e. The molecule has 5 unspecified atom stereocenters. The Morgan fingerprint density at radius 2 is 1.95 bits per heavy atom. The van der Waals surface area contributed by atoms with Crippen molar-refractivity contribution in [3.05, 3.63) is 0 Å². The molecule has 5 atom stereocenters. The van der Waals surface area contributed by atoms with E-state index in [2.05, 4.69) is 4.90 Å². The molecular formula is C16H27NO3. The Hall–Kier alpha value is -0.610. The molecule has 0 radical (unpaired) electrons. The van der Waals surface area contributed by atoms with Gasteiger partial charge in [-0.3, -0.25) is 4.79 Å². The third kappa shape index (κ3) is 2.60. The summed E-state index contributed by atoms with van der Waals surface area (Å²) in [6, 6.07) is 0.269. The van der Waals surface area contributed by atoms with Crippen LogP contribution in [-0.2, 0) is 9.53 Å². The van der Waals surface area contributed by atoms with Crippen LogP contribution in [0.25, 0.3) is 0 Å². The third-order valence-electron chi connectivity index (χ3n) is 5.55. The summed E-state index contributed by atoms with van der Waals surface area (Å²) >= 11 is 0. The molecule has 1 N–H and O–H groups in total. The Bertz CT molecular complexity index is 360. The van der Waals surface area contributed by atoms with E-state index in [0.717, 1.165) is 45.1 Å². The quantitative estimate of drug-likeness (QED) is 0.841. The summed E-state index contributed by atoms with van der Waals surface area (Å²) in [5.74, 6) is 0.611. The van der Waals surface area contributed by atoms with Crippen molar-refractivity contribution in [3.63, 3.8) is 0 Å². The maximum absolute atomic E-state index is 12.8. The summed E-state index contributed by atoms with van der Waals surface area (Å²) in [5.41, 5.74) is 0. The van der Waals surface area contributed by atoms with Crippen LogP contribution < -0.4 is 0 Å². The molecule has 0 aromatic heterocycles. The third-order valence-corrected chi connectivity index (χ3v) is 5.55. The summed E-state index contributed by atoms with van der Waals surface area (Å²) in [7, 11) is 0. The van der Waals surface area contributed by atoms with Gasteiger partial charge in [-0.15, -0.1) is 0 Å². The summed E-state index contributed by atoms with van der Waals surface area (Å²) in [4.78, 5) is 14.9. The average molecular weight is 281 g/mol. The molecule has 4 heteroatoms. The van der Waals surface area contributed by atoms with E-state index >= 15 is 0 Å². The van der Waals surface area contributed by atoms with Crippen molar-refractivity contribution in [3.8, 4) is 0 Å². The highest BCUT2D eigenvalue weighted by Crippen LogP contribution is 2.36. The van der Waals surface area contributed by atoms with E-state index < -0.39 is 0 Å². The second-order valence-electron chi connectivity index (χ2n) is 6.73. The fourth-order valence-electron chi connectivity index (χ4n) is 4.37. The number of ether oxygens (including phenoxy) is 1. The SMILES string of the molecule is CC1OCCC1C(=O)N1CCCC1C1CCCCC1O. The second-order valence-corrected chi connectivity index (χ2v) is 6.73. The van der Waals surface area contributed by atoms with Crippen LogP contribution in [0.1, 0.15) is 51.9 Å². The van der Waals surface area contributed by atoms with Gasteiger partial charge in [-0.25, -0.2) is 0 Å². The largest absolute Gasteiger partial charge is 0.393 e. The summed E-state index contributed by atoms with van der Waals surface area (Å²) < 4.78 is 5.55. The molecule has 3 rings (SSSR count). The number of nitrogens with zero attached hydrogens (tertiary/aromatic N) is 1. The summed E-state index contributed by atoms with van der Waals surface area (Å²) in [5, 5.41) is 10.3. The Morgan fingerprint density at radius 1 is 1.15 bits per heavy atom. The number of carbonyl (C=O) groups excluding carboxylic acids is 1. The topological polar surface area (TPSA) is 49.8 Å². The van der Waals surface area contributed by atoms with Gasteiger partial charge in [0.25, 0.3) is 0 Å². The van der Waals surface area contributed by atoms with Crippen LogP contribution in [0, 0.1) is 11.8 Å². The van der Waals surface area contributed by atoms with Crippen LogP contribution in [0.15, 0.2) is 0 Å². The molecule has 0 aromatic carbocycles. The van der Waals surface area contributed by atoms with Crippen molar-refractivity contribution in [1.82, 2.24) is 4.90 Å². The lowest BCUT2D eigenvalue weighted by atomic mass is 9.80. The van der Waals surface area contributed by atoms with Crippen molar-refractivity contribution in [1.29, 1.82) is 0 Å². The molecule has 2 heterocycles. The molecule has 2 saturated heterocycles. The minimum atomic E-state index is -0.209. The normalized spacial score (nSPS) is 42.1. The zero-order valence-electron chi connectivity index (χ0n) is 12.5. The molecule has 4 nitrogen and oxygen atoms in total. The van der Waals surface area contributed by atoms with Gasteiger partial charge in [0.1, 0.15) is 0 Å². The highest BCUT2D eigenvalue weighted by atomic mass is 16.5. The zero-order chi connectivity index (χ0) is 14.1. The first-order valence-electron chi connectivity index (χ1n) is 8.28. The van der Waals surface area contributed by atoms with Crippen LogP contribution >= 0.6 is 0 Å². The van der Waals surface area contributed by atoms with Crippen molar-refractivity contribution < 1.29 is 14.6 Å². The molecule has 0 aromatic rings. The lowest BCUT2D eigenvalue weighted by Gasteiger charge is -2.38. The highest BCUT2D eigenvalue weighted by Gasteiger charge is 2.42. The molecule has 2 aliphatic heterocycles. The first kappa shape index (κ1) is 14.3. The van der Waals surface area contributed by atoms with Crippen molar-refractivity contribution in [2.75, 3.05) is 13.2 Å². The molecule has 3 fully saturated rings. The molecule has 1 amide bonds. The van der Waals surface area contributed by atoms with E-state index in [-0.39, 0.29) is 30.1 Å². The van der Waals surface area contributed by atoms with Gasteiger partial charge < -0.3 is 14.7 Å². The van der Waals surface area contributed by atoms with Crippen molar-refractivity contribution in [2.24, 2.45) is 11.8 Å². The molecular weight excluding hydrogens is 254 g/mol. The van der Waals surface area contributed by atoms with Gasteiger partial charge in [0, 0.05) is 25.1 Å². The van der Waals surface area contributed by atoms with E-state index in [9.17, 15) is 9.90 Å². The Morgan fingerprint density at radius 3 is 2.65 bits per heavy atom. The molecule has 114 valence electrons. The smallest absolute Gasteiger partial charge is 0.228 e. The lowest BCUT2D eigenvalue weighted by Crippen LogP contribution is -2.48. The molecule has 20 heavy (non-hydrogen) atoms. The number of likely N-dealkylation sites (tertiary alicyclic amines) is 1. The molecule has 0 bridgehead atoms. The van der Waals surface area contributed by atoms with Crippen LogP contribution in [0.5, 0.6) is 0 Å². The standard InChI is InChI=1S/C16H27NO3/c1-11-12(8-10-20-11)16(19)17-9-4-6-14(17)13-5-2-3-7-15(13)18/h11-15,18H,2-10H2,1H3. The first-order valence-corrected chi connectivity index (χ1v) is 8.28. The number of amides is 1. The monoisotopic (exact) mass is 281 g/mol. The van der Waals surface area contributed by atoms with Crippen LogP contribution in [-0.4, -0.2) is 47.3 Å². The Balaban J connectivity index is 1.70. The first-order chi connectivity index (χ1) is 9.68. The molecule has 0 spiro atoms. The van der Waals surface area contributed by atoms with Crippen LogP contribution in [0.3, 0.4) is 0 Å². The number of hydrogen-bond acceptors (Lipinski definition) is 3. The number of hydrogen-bond donors (Lipinski definition) is 1. The summed E-state index contributed by atoms with van der Waals surface area (Å²) in [6.45, 7) is 3.59. The summed E-state index contributed by atoms with van der Waals surface area (Å²) in [6.07, 6.45) is 7.17. The Labute approximate surface area is 121 Å². The van der Waals surface area contributed by atoms with Crippen LogP contribution in [0.2, 0.25) is 0 Å². The van der Waals surface area contributed by atoms with Gasteiger partial charge in [0.2, 0.25) is 5.91 Å². The fourth-order valence-corrected chi connectivity index (χ4v) is 4.37. The Kier molecular flexibility index (Phi) is 4.32. The van der Waals surface area contributed by atoms with Gasteiger partial charge in [-0.2, -0.15) is 0 Å². The van der Waals surface area contributed by atoms with Gasteiger partial charge in [0.05, 0.1) is 18.1 Å². The van der Waals surface area contributed by atoms with Gasteiger partial charge >= 0.3 is 0 Å². The maximum Gasteiger partial charge on any atom is 0.228 e. The van der Waals surface area contributed by atoms with Crippen LogP contribution in [0.4, 0.5) is 0 Å². The van der Waals surface area contributed by atoms with Gasteiger partial charge in [-0.05, 0) is 39.0 Å². The maximum atomic E-state index is 12.8. The molecule has 3 aliphatic rings. The predicted octanol–water partition coefficient (Wildman–Crippen LogP) is 1.95.